The van der Waals surface area contributed by atoms with E-state index in [1.54, 1.807) is 6.92 Å². The number of hydrogen-bond donors (Lipinski definition) is 1. The molecule has 0 aliphatic carbocycles. The number of hydrogen-bond acceptors (Lipinski definition) is 4. The molecule has 0 aliphatic heterocycles. The first-order chi connectivity index (χ1) is 6.06. The Balaban J connectivity index is 3.02. The number of nitrogens with one attached hydrogen (secondary N) is 1. The number of rotatable bonds is 3. The summed E-state index contributed by atoms with van der Waals surface area (Å²) in [5, 5.41) is 0.0363. The molecule has 1 rings (SSSR count). The molecule has 1 aromatic heterocycles. The van der Waals surface area contributed by atoms with Gasteiger partial charge in [-0.15, -0.1) is 0 Å². The smallest absolute Gasteiger partial charge is 0.224 e. The molecule has 0 fully saturated rings. The van der Waals surface area contributed by atoms with Crippen LogP contribution in [0.2, 0.25) is 5.02 Å². The summed E-state index contributed by atoms with van der Waals surface area (Å²) in [6.45, 7) is 1.97. The van der Waals surface area contributed by atoms with Crippen molar-refractivity contribution in [3.63, 3.8) is 0 Å². The Morgan fingerprint density at radius 3 is 2.46 bits per heavy atom. The Labute approximate surface area is 81.2 Å². The number of nitrogens with zero attached hydrogens (tertiary/aromatic N) is 2. The van der Waals surface area contributed by atoms with Crippen molar-refractivity contribution < 1.29 is 8.42 Å². The van der Waals surface area contributed by atoms with Gasteiger partial charge >= 0.3 is 0 Å². The van der Waals surface area contributed by atoms with E-state index in [2.05, 4.69) is 14.7 Å². The first-order valence-electron chi connectivity index (χ1n) is 3.53. The zero-order valence-corrected chi connectivity index (χ0v) is 8.43. The first kappa shape index (κ1) is 10.4. The average Bonchev–Trinajstić information content (AvgIpc) is 2.05. The van der Waals surface area contributed by atoms with Crippen LogP contribution in [0.3, 0.4) is 0 Å². The first-order valence-corrected chi connectivity index (χ1v) is 5.39. The fraction of sp³-hybridized carbons (Fsp3) is 0.333. The second kappa shape index (κ2) is 3.99. The topological polar surface area (TPSA) is 72.0 Å². The van der Waals surface area contributed by atoms with Gasteiger partial charge in [-0.3, -0.25) is 0 Å². The molecular weight excluding hydrogens is 214 g/mol. The van der Waals surface area contributed by atoms with Crippen LogP contribution in [0, 0.1) is 0 Å². The Morgan fingerprint density at radius 2 is 2.00 bits per heavy atom. The normalized spacial score (nSPS) is 11.5. The Morgan fingerprint density at radius 1 is 1.46 bits per heavy atom. The van der Waals surface area contributed by atoms with Gasteiger partial charge in [0.05, 0.1) is 17.4 Å². The third-order valence-electron chi connectivity index (χ3n) is 1.17. The second-order valence-electron chi connectivity index (χ2n) is 2.19. The van der Waals surface area contributed by atoms with Crippen LogP contribution in [0.1, 0.15) is 6.92 Å². The van der Waals surface area contributed by atoms with Crippen LogP contribution in [-0.4, -0.2) is 24.9 Å². The lowest BCUT2D eigenvalue weighted by Gasteiger charge is -2.01. The van der Waals surface area contributed by atoms with Crippen LogP contribution in [0.25, 0.3) is 0 Å². The Bertz CT molecular complexity index is 375. The van der Waals surface area contributed by atoms with Crippen LogP contribution < -0.4 is 4.72 Å². The minimum Gasteiger partial charge on any atom is -0.224 e. The summed E-state index contributed by atoms with van der Waals surface area (Å²) in [6, 6.07) is 0. The van der Waals surface area contributed by atoms with E-state index in [-0.39, 0.29) is 5.16 Å². The van der Waals surface area contributed by atoms with Gasteiger partial charge < -0.3 is 0 Å². The zero-order chi connectivity index (χ0) is 9.90. The molecule has 0 amide bonds. The largest absolute Gasteiger partial charge is 0.276 e. The molecule has 0 saturated heterocycles. The summed E-state index contributed by atoms with van der Waals surface area (Å²) in [7, 11) is -3.56. The molecule has 0 radical (unpaired) electrons. The Kier molecular flexibility index (Phi) is 3.18. The maximum absolute atomic E-state index is 11.3. The van der Waals surface area contributed by atoms with Crippen LogP contribution in [0.5, 0.6) is 0 Å². The van der Waals surface area contributed by atoms with Crippen LogP contribution in [0.15, 0.2) is 17.6 Å². The van der Waals surface area contributed by atoms with Crippen molar-refractivity contribution in [2.75, 3.05) is 6.54 Å². The van der Waals surface area contributed by atoms with Gasteiger partial charge in [0.25, 0.3) is 15.2 Å². The maximum Gasteiger partial charge on any atom is 0.276 e. The Hall–Kier alpha value is -0.720. The van der Waals surface area contributed by atoms with Crippen molar-refractivity contribution in [2.45, 2.75) is 12.1 Å². The third-order valence-corrected chi connectivity index (χ3v) is 2.73. The van der Waals surface area contributed by atoms with Crippen molar-refractivity contribution in [3.05, 3.63) is 17.4 Å². The average molecular weight is 222 g/mol. The summed E-state index contributed by atoms with van der Waals surface area (Å²) in [4.78, 5) is 7.15. The molecule has 1 heterocycles. The number of halogens is 1. The molecule has 0 unspecified atom stereocenters. The van der Waals surface area contributed by atoms with Gasteiger partial charge in [-0.25, -0.2) is 23.1 Å². The van der Waals surface area contributed by atoms with Gasteiger partial charge in [0.15, 0.2) is 0 Å². The molecule has 0 spiro atoms. The minimum atomic E-state index is -3.56. The number of sulfonamides is 1. The van der Waals surface area contributed by atoms with Gasteiger partial charge in [0.2, 0.25) is 0 Å². The van der Waals surface area contributed by atoms with Gasteiger partial charge in [0.1, 0.15) is 0 Å². The lowest BCUT2D eigenvalue weighted by molar-refractivity contribution is 0.574. The molecule has 1 aromatic rings. The molecule has 5 nitrogen and oxygen atoms in total. The summed E-state index contributed by atoms with van der Waals surface area (Å²) < 4.78 is 24.8. The zero-order valence-electron chi connectivity index (χ0n) is 6.86. The predicted molar refractivity (Wildman–Crippen MR) is 47.9 cm³/mol. The monoisotopic (exact) mass is 221 g/mol. The second-order valence-corrected chi connectivity index (χ2v) is 4.28. The molecule has 0 aromatic carbocycles. The molecule has 0 bridgehead atoms. The lowest BCUT2D eigenvalue weighted by Crippen LogP contribution is -2.24. The van der Waals surface area contributed by atoms with Crippen molar-refractivity contribution in [2.24, 2.45) is 0 Å². The van der Waals surface area contributed by atoms with E-state index in [0.29, 0.717) is 11.6 Å². The van der Waals surface area contributed by atoms with Crippen molar-refractivity contribution >= 4 is 21.6 Å². The molecule has 7 heteroatoms. The summed E-state index contributed by atoms with van der Waals surface area (Å²) in [5.74, 6) is 0. The minimum absolute atomic E-state index is 0.265. The highest BCUT2D eigenvalue weighted by atomic mass is 35.5. The maximum atomic E-state index is 11.3. The van der Waals surface area contributed by atoms with Crippen molar-refractivity contribution in [1.82, 2.24) is 14.7 Å². The molecule has 1 N–H and O–H groups in total. The highest BCUT2D eigenvalue weighted by Crippen LogP contribution is 2.05. The van der Waals surface area contributed by atoms with E-state index in [9.17, 15) is 8.42 Å². The van der Waals surface area contributed by atoms with Gasteiger partial charge in [-0.05, 0) is 0 Å². The fourth-order valence-corrected chi connectivity index (χ4v) is 1.68. The van der Waals surface area contributed by atoms with Gasteiger partial charge in [-0.1, -0.05) is 18.5 Å². The van der Waals surface area contributed by atoms with Crippen molar-refractivity contribution in [1.29, 1.82) is 0 Å². The van der Waals surface area contributed by atoms with Crippen molar-refractivity contribution in [3.8, 4) is 0 Å². The molecule has 72 valence electrons. The van der Waals surface area contributed by atoms with Gasteiger partial charge in [-0.2, -0.15) is 0 Å². The predicted octanol–water partition coefficient (Wildman–Crippen LogP) is 0.428. The molecular formula is C6H8ClN3O2S. The summed E-state index contributed by atoms with van der Waals surface area (Å²) in [6.07, 6.45) is 2.47. The van der Waals surface area contributed by atoms with E-state index in [1.807, 2.05) is 0 Å². The summed E-state index contributed by atoms with van der Waals surface area (Å²) in [5.41, 5.74) is 0. The SMILES string of the molecule is CCNS(=O)(=O)c1ncc(Cl)cn1. The van der Waals surface area contributed by atoms with Crippen LogP contribution >= 0.6 is 11.6 Å². The third kappa shape index (κ3) is 2.61. The summed E-state index contributed by atoms with van der Waals surface area (Å²) >= 11 is 5.50. The highest BCUT2D eigenvalue weighted by molar-refractivity contribution is 7.89. The van der Waals surface area contributed by atoms with Crippen LogP contribution in [0.4, 0.5) is 0 Å². The van der Waals surface area contributed by atoms with E-state index >= 15 is 0 Å². The van der Waals surface area contributed by atoms with E-state index < -0.39 is 10.0 Å². The van der Waals surface area contributed by atoms with Gasteiger partial charge in [0, 0.05) is 6.54 Å². The van der Waals surface area contributed by atoms with E-state index in [1.165, 1.54) is 12.4 Å². The molecule has 0 atom stereocenters. The fourth-order valence-electron chi connectivity index (χ4n) is 0.694. The molecule has 13 heavy (non-hydrogen) atoms. The van der Waals surface area contributed by atoms with E-state index in [0.717, 1.165) is 0 Å². The molecule has 0 saturated carbocycles. The lowest BCUT2D eigenvalue weighted by atomic mass is 10.7. The number of aromatic nitrogens is 2. The standard InChI is InChI=1S/C6H8ClN3O2S/c1-2-10-13(11,12)6-8-3-5(7)4-9-6/h3-4,10H,2H2,1H3. The molecule has 0 aliphatic rings. The quantitative estimate of drug-likeness (QED) is 0.752. The highest BCUT2D eigenvalue weighted by Gasteiger charge is 2.15. The van der Waals surface area contributed by atoms with E-state index in [4.69, 9.17) is 11.6 Å². The van der Waals surface area contributed by atoms with Crippen LogP contribution in [-0.2, 0) is 10.0 Å².